The zero-order valence-electron chi connectivity index (χ0n) is 19.5. The predicted molar refractivity (Wildman–Crippen MR) is 125 cm³/mol. The quantitative estimate of drug-likeness (QED) is 0.603. The van der Waals surface area contributed by atoms with Gasteiger partial charge in [0.05, 0.1) is 0 Å². The van der Waals surface area contributed by atoms with Crippen molar-refractivity contribution >= 4 is 11.8 Å². The van der Waals surface area contributed by atoms with E-state index in [1.165, 1.54) is 0 Å². The van der Waals surface area contributed by atoms with Crippen molar-refractivity contribution in [2.75, 3.05) is 13.3 Å². The first-order valence-corrected chi connectivity index (χ1v) is 11.4. The van der Waals surface area contributed by atoms with Crippen LogP contribution in [0.1, 0.15) is 50.3 Å². The minimum absolute atomic E-state index is 0.0317. The van der Waals surface area contributed by atoms with Crippen molar-refractivity contribution in [1.82, 2.24) is 10.2 Å². The lowest BCUT2D eigenvalue weighted by Crippen LogP contribution is -2.49. The summed E-state index contributed by atoms with van der Waals surface area (Å²) in [5, 5.41) is 3.00. The van der Waals surface area contributed by atoms with Crippen LogP contribution in [0.15, 0.2) is 42.5 Å². The summed E-state index contributed by atoms with van der Waals surface area (Å²) in [6.45, 7) is 9.33. The third-order valence-electron chi connectivity index (χ3n) is 5.57. The first-order valence-electron chi connectivity index (χ1n) is 11.4. The van der Waals surface area contributed by atoms with Crippen LogP contribution < -0.4 is 14.8 Å². The van der Waals surface area contributed by atoms with E-state index in [1.807, 2.05) is 50.2 Å². The molecule has 1 aliphatic rings. The Labute approximate surface area is 190 Å². The van der Waals surface area contributed by atoms with Crippen LogP contribution in [-0.4, -0.2) is 36.1 Å². The molecule has 0 saturated carbocycles. The van der Waals surface area contributed by atoms with E-state index < -0.39 is 6.04 Å². The van der Waals surface area contributed by atoms with Gasteiger partial charge in [0.2, 0.25) is 18.6 Å². The molecule has 1 aliphatic heterocycles. The highest BCUT2D eigenvalue weighted by atomic mass is 16.7. The molecule has 3 rings (SSSR count). The Bertz CT molecular complexity index is 941. The molecule has 2 aromatic rings. The van der Waals surface area contributed by atoms with Gasteiger partial charge in [0.15, 0.2) is 11.5 Å². The molecule has 0 aromatic heterocycles. The smallest absolute Gasteiger partial charge is 0.242 e. The first-order chi connectivity index (χ1) is 15.4. The van der Waals surface area contributed by atoms with Crippen molar-refractivity contribution < 1.29 is 19.1 Å². The van der Waals surface area contributed by atoms with Gasteiger partial charge in [-0.3, -0.25) is 9.59 Å². The molecule has 1 N–H and O–H groups in total. The maximum Gasteiger partial charge on any atom is 0.242 e. The number of amides is 2. The van der Waals surface area contributed by atoms with Crippen LogP contribution >= 0.6 is 0 Å². The minimum atomic E-state index is -0.501. The van der Waals surface area contributed by atoms with Crippen molar-refractivity contribution in [2.45, 2.75) is 59.5 Å². The second-order valence-corrected chi connectivity index (χ2v) is 8.76. The van der Waals surface area contributed by atoms with Crippen LogP contribution in [-0.2, 0) is 22.6 Å². The number of hydrogen-bond donors (Lipinski definition) is 1. The largest absolute Gasteiger partial charge is 0.454 e. The Kier molecular flexibility index (Phi) is 8.14. The number of ether oxygens (including phenoxy) is 2. The number of nitrogens with one attached hydrogen (secondary N) is 1. The maximum absolute atomic E-state index is 13.4. The van der Waals surface area contributed by atoms with Crippen molar-refractivity contribution in [3.8, 4) is 11.5 Å². The molecule has 0 spiro atoms. The molecule has 6 heteroatoms. The first kappa shape index (κ1) is 23.6. The SMILES string of the molecule is CC[C@H](C(=O)NCC(C)C)N(Cc1cccc(C)c1)C(=O)CCc1ccc2c(c1)OCO2. The van der Waals surface area contributed by atoms with Gasteiger partial charge in [-0.1, -0.05) is 56.7 Å². The van der Waals surface area contributed by atoms with Gasteiger partial charge in [-0.2, -0.15) is 0 Å². The molecule has 1 heterocycles. The van der Waals surface area contributed by atoms with Crippen molar-refractivity contribution in [3.63, 3.8) is 0 Å². The number of nitrogens with zero attached hydrogens (tertiary/aromatic N) is 1. The van der Waals surface area contributed by atoms with Crippen LogP contribution in [0.25, 0.3) is 0 Å². The Morgan fingerprint density at radius 1 is 1.06 bits per heavy atom. The molecule has 0 radical (unpaired) electrons. The highest BCUT2D eigenvalue weighted by molar-refractivity contribution is 5.87. The molecule has 0 aliphatic carbocycles. The molecule has 1 atom stereocenters. The Hall–Kier alpha value is -3.02. The van der Waals surface area contributed by atoms with Gasteiger partial charge >= 0.3 is 0 Å². The third kappa shape index (κ3) is 6.25. The van der Waals surface area contributed by atoms with Gasteiger partial charge < -0.3 is 19.7 Å². The summed E-state index contributed by atoms with van der Waals surface area (Å²) in [4.78, 5) is 28.1. The summed E-state index contributed by atoms with van der Waals surface area (Å²) in [6, 6.07) is 13.3. The second kappa shape index (κ2) is 11.0. The average Bonchev–Trinajstić information content (AvgIpc) is 3.24. The van der Waals surface area contributed by atoms with Crippen LogP contribution in [0.4, 0.5) is 0 Å². The molecular weight excluding hydrogens is 404 g/mol. The van der Waals surface area contributed by atoms with Crippen LogP contribution in [0.3, 0.4) is 0 Å². The van der Waals surface area contributed by atoms with Gasteiger partial charge in [-0.15, -0.1) is 0 Å². The standard InChI is InChI=1S/C26H34N2O4/c1-5-22(26(30)27-15-18(2)3)28(16-21-8-6-7-19(4)13-21)25(29)12-10-20-9-11-23-24(14-20)32-17-31-23/h6-9,11,13-14,18,22H,5,10,12,15-17H2,1-4H3,(H,27,30)/t22-/m1/s1. The summed E-state index contributed by atoms with van der Waals surface area (Å²) in [7, 11) is 0. The lowest BCUT2D eigenvalue weighted by molar-refractivity contribution is -0.141. The number of aryl methyl sites for hydroxylation is 2. The van der Waals surface area contributed by atoms with Crippen LogP contribution in [0.2, 0.25) is 0 Å². The van der Waals surface area contributed by atoms with E-state index in [0.717, 1.165) is 22.4 Å². The molecule has 2 aromatic carbocycles. The molecule has 32 heavy (non-hydrogen) atoms. The van der Waals surface area contributed by atoms with E-state index in [9.17, 15) is 9.59 Å². The van der Waals surface area contributed by atoms with E-state index in [-0.39, 0.29) is 18.6 Å². The summed E-state index contributed by atoms with van der Waals surface area (Å²) in [5.41, 5.74) is 3.17. The molecule has 0 bridgehead atoms. The summed E-state index contributed by atoms with van der Waals surface area (Å²) < 4.78 is 10.8. The van der Waals surface area contributed by atoms with E-state index in [2.05, 4.69) is 25.2 Å². The third-order valence-corrected chi connectivity index (χ3v) is 5.57. The number of benzene rings is 2. The molecular formula is C26H34N2O4. The fraction of sp³-hybridized carbons (Fsp3) is 0.462. The second-order valence-electron chi connectivity index (χ2n) is 8.76. The van der Waals surface area contributed by atoms with Crippen molar-refractivity contribution in [2.24, 2.45) is 5.92 Å². The van der Waals surface area contributed by atoms with Gasteiger partial charge in [0.25, 0.3) is 0 Å². The molecule has 0 saturated heterocycles. The van der Waals surface area contributed by atoms with Crippen molar-refractivity contribution in [3.05, 3.63) is 59.2 Å². The lowest BCUT2D eigenvalue weighted by atomic mass is 10.0. The Morgan fingerprint density at radius 2 is 1.84 bits per heavy atom. The average molecular weight is 439 g/mol. The summed E-state index contributed by atoms with van der Waals surface area (Å²) >= 11 is 0. The normalized spacial score (nSPS) is 13.2. The number of carbonyl (C=O) groups excluding carboxylic acids is 2. The molecule has 172 valence electrons. The Morgan fingerprint density at radius 3 is 2.56 bits per heavy atom. The maximum atomic E-state index is 13.4. The zero-order valence-corrected chi connectivity index (χ0v) is 19.5. The fourth-order valence-electron chi connectivity index (χ4n) is 3.84. The lowest BCUT2D eigenvalue weighted by Gasteiger charge is -2.31. The number of carbonyl (C=O) groups is 2. The molecule has 0 unspecified atom stereocenters. The number of rotatable bonds is 10. The molecule has 6 nitrogen and oxygen atoms in total. The van der Waals surface area contributed by atoms with Crippen LogP contribution in [0, 0.1) is 12.8 Å². The minimum Gasteiger partial charge on any atom is -0.454 e. The van der Waals surface area contributed by atoms with E-state index in [0.29, 0.717) is 44.0 Å². The highest BCUT2D eigenvalue weighted by Crippen LogP contribution is 2.32. The van der Waals surface area contributed by atoms with Gasteiger partial charge in [0, 0.05) is 19.5 Å². The van der Waals surface area contributed by atoms with Gasteiger partial charge in [-0.25, -0.2) is 0 Å². The van der Waals surface area contributed by atoms with E-state index in [4.69, 9.17) is 9.47 Å². The predicted octanol–water partition coefficient (Wildman–Crippen LogP) is 4.24. The van der Waals surface area contributed by atoms with Gasteiger partial charge in [0.1, 0.15) is 6.04 Å². The van der Waals surface area contributed by atoms with Crippen molar-refractivity contribution in [1.29, 1.82) is 0 Å². The molecule has 2 amide bonds. The fourth-order valence-corrected chi connectivity index (χ4v) is 3.84. The van der Waals surface area contributed by atoms with Gasteiger partial charge in [-0.05, 0) is 48.9 Å². The highest BCUT2D eigenvalue weighted by Gasteiger charge is 2.28. The topological polar surface area (TPSA) is 67.9 Å². The Balaban J connectivity index is 1.75. The zero-order chi connectivity index (χ0) is 23.1. The van der Waals surface area contributed by atoms with E-state index >= 15 is 0 Å². The molecule has 0 fully saturated rings. The van der Waals surface area contributed by atoms with Crippen LogP contribution in [0.5, 0.6) is 11.5 Å². The van der Waals surface area contributed by atoms with E-state index in [1.54, 1.807) is 4.90 Å². The number of hydrogen-bond acceptors (Lipinski definition) is 4. The summed E-state index contributed by atoms with van der Waals surface area (Å²) in [6.07, 6.45) is 1.45. The summed E-state index contributed by atoms with van der Waals surface area (Å²) in [5.74, 6) is 1.67. The monoisotopic (exact) mass is 438 g/mol. The number of fused-ring (bicyclic) bond motifs is 1.